The largest absolute Gasteiger partial charge is 0.314 e. The van der Waals surface area contributed by atoms with E-state index in [2.05, 4.69) is 42.3 Å². The van der Waals surface area contributed by atoms with Gasteiger partial charge >= 0.3 is 0 Å². The minimum atomic E-state index is 0. The summed E-state index contributed by atoms with van der Waals surface area (Å²) in [6, 6.07) is 8.90. The summed E-state index contributed by atoms with van der Waals surface area (Å²) in [5.41, 5.74) is 1.37. The molecule has 2 nitrogen and oxygen atoms in total. The van der Waals surface area contributed by atoms with Crippen molar-refractivity contribution < 1.29 is 0 Å². The Hall–Kier alpha value is 0.01000. The van der Waals surface area contributed by atoms with E-state index in [0.29, 0.717) is 6.04 Å². The van der Waals surface area contributed by atoms with Crippen LogP contribution in [0.5, 0.6) is 0 Å². The van der Waals surface area contributed by atoms with Gasteiger partial charge in [0.25, 0.3) is 0 Å². The number of piperazine rings is 1. The minimum Gasteiger partial charge on any atom is -0.314 e. The molecular formula is C16H27Cl3N2. The van der Waals surface area contributed by atoms with E-state index >= 15 is 0 Å². The van der Waals surface area contributed by atoms with Crippen molar-refractivity contribution in [3.05, 3.63) is 34.9 Å². The molecule has 21 heavy (non-hydrogen) atoms. The van der Waals surface area contributed by atoms with Gasteiger partial charge in [-0.05, 0) is 36.5 Å². The zero-order valence-electron chi connectivity index (χ0n) is 12.8. The Bertz CT molecular complexity index is 393. The maximum Gasteiger partial charge on any atom is 0.0409 e. The van der Waals surface area contributed by atoms with Crippen molar-refractivity contribution in [2.24, 2.45) is 5.92 Å². The van der Waals surface area contributed by atoms with Crippen LogP contribution < -0.4 is 5.32 Å². The van der Waals surface area contributed by atoms with Crippen molar-refractivity contribution in [2.75, 3.05) is 26.2 Å². The molecule has 0 spiro atoms. The first kappa shape index (κ1) is 21.0. The molecule has 0 aliphatic carbocycles. The molecule has 0 amide bonds. The Morgan fingerprint density at radius 2 is 1.81 bits per heavy atom. The lowest BCUT2D eigenvalue weighted by molar-refractivity contribution is 0.160. The van der Waals surface area contributed by atoms with Crippen LogP contribution in [-0.2, 0) is 0 Å². The summed E-state index contributed by atoms with van der Waals surface area (Å²) in [7, 11) is 0. The number of nitrogens with one attached hydrogen (secondary N) is 1. The second kappa shape index (κ2) is 10.7. The quantitative estimate of drug-likeness (QED) is 0.834. The van der Waals surface area contributed by atoms with Crippen LogP contribution in [0.1, 0.15) is 38.3 Å². The van der Waals surface area contributed by atoms with E-state index in [1.807, 2.05) is 6.07 Å². The Morgan fingerprint density at radius 3 is 2.38 bits per heavy atom. The average Bonchev–Trinajstić information content (AvgIpc) is 2.40. The monoisotopic (exact) mass is 352 g/mol. The fourth-order valence-corrected chi connectivity index (χ4v) is 2.96. The molecule has 1 fully saturated rings. The highest BCUT2D eigenvalue weighted by atomic mass is 35.5. The summed E-state index contributed by atoms with van der Waals surface area (Å²) < 4.78 is 0. The van der Waals surface area contributed by atoms with Gasteiger partial charge in [0.2, 0.25) is 0 Å². The average molecular weight is 354 g/mol. The Morgan fingerprint density at radius 1 is 1.14 bits per heavy atom. The maximum atomic E-state index is 6.16. The number of rotatable bonds is 5. The molecule has 1 N–H and O–H groups in total. The molecule has 122 valence electrons. The smallest absolute Gasteiger partial charge is 0.0409 e. The van der Waals surface area contributed by atoms with Gasteiger partial charge in [0.1, 0.15) is 0 Å². The Balaban J connectivity index is 0.00000200. The van der Waals surface area contributed by atoms with Gasteiger partial charge in [-0.15, -0.1) is 24.8 Å². The van der Waals surface area contributed by atoms with E-state index < -0.39 is 0 Å². The first-order valence-corrected chi connectivity index (χ1v) is 7.75. The molecular weight excluding hydrogens is 327 g/mol. The van der Waals surface area contributed by atoms with Crippen molar-refractivity contribution in [1.29, 1.82) is 0 Å². The lowest BCUT2D eigenvalue weighted by atomic mass is 9.96. The summed E-state index contributed by atoms with van der Waals surface area (Å²) in [5.74, 6) is 0.754. The van der Waals surface area contributed by atoms with Gasteiger partial charge < -0.3 is 5.32 Å². The van der Waals surface area contributed by atoms with Crippen molar-refractivity contribution in [1.82, 2.24) is 10.2 Å². The van der Waals surface area contributed by atoms with E-state index in [4.69, 9.17) is 11.6 Å². The molecule has 1 aliphatic rings. The zero-order chi connectivity index (χ0) is 13.7. The summed E-state index contributed by atoms with van der Waals surface area (Å²) in [5, 5.41) is 4.28. The fraction of sp³-hybridized carbons (Fsp3) is 0.625. The predicted molar refractivity (Wildman–Crippen MR) is 97.2 cm³/mol. The van der Waals surface area contributed by atoms with Crippen molar-refractivity contribution >= 4 is 36.4 Å². The first-order valence-electron chi connectivity index (χ1n) is 7.37. The summed E-state index contributed by atoms with van der Waals surface area (Å²) >= 11 is 6.16. The topological polar surface area (TPSA) is 15.3 Å². The fourth-order valence-electron chi connectivity index (χ4n) is 2.76. The SMILES string of the molecule is CC(C)CC[C@H](c1cccc(Cl)c1)N1CCNCC1.Cl.Cl. The molecule has 1 heterocycles. The van der Waals surface area contributed by atoms with Gasteiger partial charge in [-0.3, -0.25) is 4.90 Å². The molecule has 1 aliphatic heterocycles. The Labute approximate surface area is 146 Å². The number of nitrogens with zero attached hydrogens (tertiary/aromatic N) is 1. The molecule has 5 heteroatoms. The van der Waals surface area contributed by atoms with Gasteiger partial charge in [0.15, 0.2) is 0 Å². The highest BCUT2D eigenvalue weighted by Gasteiger charge is 2.22. The molecule has 0 bridgehead atoms. The van der Waals surface area contributed by atoms with Gasteiger partial charge in [0.05, 0.1) is 0 Å². The van der Waals surface area contributed by atoms with E-state index in [0.717, 1.165) is 37.1 Å². The third-order valence-electron chi connectivity index (χ3n) is 3.84. The zero-order valence-corrected chi connectivity index (χ0v) is 15.2. The molecule has 0 saturated carbocycles. The standard InChI is InChI=1S/C16H25ClN2.2ClH/c1-13(2)6-7-16(19-10-8-18-9-11-19)14-4-3-5-15(17)12-14;;/h3-5,12-13,16,18H,6-11H2,1-2H3;2*1H/t16-;;/m1../s1. The van der Waals surface area contributed by atoms with Crippen LogP contribution in [-0.4, -0.2) is 31.1 Å². The van der Waals surface area contributed by atoms with Crippen LogP contribution in [0.4, 0.5) is 0 Å². The van der Waals surface area contributed by atoms with Crippen molar-refractivity contribution in [3.63, 3.8) is 0 Å². The second-order valence-corrected chi connectivity index (χ2v) is 6.26. The summed E-state index contributed by atoms with van der Waals surface area (Å²) in [4.78, 5) is 2.60. The summed E-state index contributed by atoms with van der Waals surface area (Å²) in [6.45, 7) is 9.06. The van der Waals surface area contributed by atoms with E-state index in [1.54, 1.807) is 0 Å². The predicted octanol–water partition coefficient (Wildman–Crippen LogP) is 4.57. The molecule has 1 atom stereocenters. The molecule has 1 aromatic carbocycles. The number of hydrogen-bond donors (Lipinski definition) is 1. The van der Waals surface area contributed by atoms with Gasteiger partial charge in [0, 0.05) is 37.2 Å². The van der Waals surface area contributed by atoms with E-state index in [9.17, 15) is 0 Å². The number of halogens is 3. The Kier molecular flexibility index (Phi) is 10.7. The second-order valence-electron chi connectivity index (χ2n) is 5.83. The summed E-state index contributed by atoms with van der Waals surface area (Å²) in [6.07, 6.45) is 2.49. The van der Waals surface area contributed by atoms with Crippen LogP contribution in [0.2, 0.25) is 5.02 Å². The molecule has 1 saturated heterocycles. The third kappa shape index (κ3) is 6.75. The third-order valence-corrected chi connectivity index (χ3v) is 4.08. The lowest BCUT2D eigenvalue weighted by Crippen LogP contribution is -2.45. The highest BCUT2D eigenvalue weighted by Crippen LogP contribution is 2.29. The molecule has 0 unspecified atom stereocenters. The van der Waals surface area contributed by atoms with Crippen LogP contribution in [0.25, 0.3) is 0 Å². The maximum absolute atomic E-state index is 6.16. The van der Waals surface area contributed by atoms with Crippen LogP contribution in [0.15, 0.2) is 24.3 Å². The molecule has 0 radical (unpaired) electrons. The van der Waals surface area contributed by atoms with Crippen LogP contribution in [0, 0.1) is 5.92 Å². The molecule has 2 rings (SSSR count). The van der Waals surface area contributed by atoms with Crippen LogP contribution in [0.3, 0.4) is 0 Å². The van der Waals surface area contributed by atoms with Gasteiger partial charge in [-0.2, -0.15) is 0 Å². The van der Waals surface area contributed by atoms with Crippen molar-refractivity contribution in [3.8, 4) is 0 Å². The van der Waals surface area contributed by atoms with Gasteiger partial charge in [-0.25, -0.2) is 0 Å². The number of hydrogen-bond acceptors (Lipinski definition) is 2. The minimum absolute atomic E-state index is 0. The number of benzene rings is 1. The first-order chi connectivity index (χ1) is 9.16. The highest BCUT2D eigenvalue weighted by molar-refractivity contribution is 6.30. The van der Waals surface area contributed by atoms with Crippen LogP contribution >= 0.6 is 36.4 Å². The normalized spacial score (nSPS) is 17.0. The molecule has 1 aromatic rings. The van der Waals surface area contributed by atoms with Crippen molar-refractivity contribution in [2.45, 2.75) is 32.7 Å². The lowest BCUT2D eigenvalue weighted by Gasteiger charge is -2.35. The molecule has 0 aromatic heterocycles. The van der Waals surface area contributed by atoms with E-state index in [-0.39, 0.29) is 24.8 Å². The van der Waals surface area contributed by atoms with E-state index in [1.165, 1.54) is 18.4 Å². The van der Waals surface area contributed by atoms with Gasteiger partial charge in [-0.1, -0.05) is 37.6 Å².